The first-order valence-electron chi connectivity index (χ1n) is 19.6. The highest BCUT2D eigenvalue weighted by Gasteiger charge is 2.26. The van der Waals surface area contributed by atoms with Gasteiger partial charge in [-0.1, -0.05) is 158 Å². The van der Waals surface area contributed by atoms with Crippen LogP contribution in [0.25, 0.3) is 97.4 Å². The van der Waals surface area contributed by atoms with Crippen LogP contribution in [0.3, 0.4) is 0 Å². The molecule has 12 aromatic rings. The molecule has 0 aliphatic heterocycles. The normalized spacial score (nSPS) is 11.8. The molecule has 272 valence electrons. The molecule has 0 radical (unpaired) electrons. The molecule has 0 atom stereocenters. The van der Waals surface area contributed by atoms with Gasteiger partial charge in [0.1, 0.15) is 16.7 Å². The van der Waals surface area contributed by atoms with Gasteiger partial charge in [0, 0.05) is 48.3 Å². The third-order valence-electron chi connectivity index (χ3n) is 11.5. The van der Waals surface area contributed by atoms with Crippen molar-refractivity contribution in [2.75, 3.05) is 4.90 Å². The fraction of sp³-hybridized carbons (Fsp3) is 0. The summed E-state index contributed by atoms with van der Waals surface area (Å²) in [6.07, 6.45) is 0. The summed E-state index contributed by atoms with van der Waals surface area (Å²) in [6, 6.07) is 71.2. The summed E-state index contributed by atoms with van der Waals surface area (Å²) in [5.74, 6) is 0. The highest BCUT2D eigenvalue weighted by Crippen LogP contribution is 2.50. The lowest BCUT2D eigenvalue weighted by molar-refractivity contribution is 0.665. The maximum Gasteiger partial charge on any atom is 0.159 e. The molecule has 0 saturated heterocycles. The summed E-state index contributed by atoms with van der Waals surface area (Å²) in [7, 11) is 0. The van der Waals surface area contributed by atoms with Gasteiger partial charge in [-0.3, -0.25) is 0 Å². The molecule has 0 aliphatic rings. The standard InChI is InChI=1S/C54H33NO2S/c1-3-14-34(15-4-1)36-28-30-37(31-29-36)50-51-43-21-7-9-26-47(43)56-48(51)33-44-41-22-12-24-45(52(41)57-53(44)50)55(39-19-11-18-38(32-39)35-16-5-2-6-17-35)46-25-13-23-42-40-20-8-10-27-49(40)58-54(42)46/h1-33H. The highest BCUT2D eigenvalue weighted by molar-refractivity contribution is 7.26. The van der Waals surface area contributed by atoms with Gasteiger partial charge in [0.15, 0.2) is 5.58 Å². The molecule has 3 aromatic heterocycles. The predicted octanol–water partition coefficient (Wildman–Crippen LogP) is 16.3. The van der Waals surface area contributed by atoms with Crippen LogP contribution < -0.4 is 4.90 Å². The summed E-state index contributed by atoms with van der Waals surface area (Å²) in [5, 5.41) is 6.68. The Balaban J connectivity index is 1.15. The van der Waals surface area contributed by atoms with Gasteiger partial charge < -0.3 is 13.7 Å². The van der Waals surface area contributed by atoms with E-state index in [1.807, 2.05) is 23.5 Å². The smallest absolute Gasteiger partial charge is 0.159 e. The van der Waals surface area contributed by atoms with E-state index >= 15 is 0 Å². The summed E-state index contributed by atoms with van der Waals surface area (Å²) < 4.78 is 16.5. The van der Waals surface area contributed by atoms with Gasteiger partial charge in [0.2, 0.25) is 0 Å². The molecule has 12 rings (SSSR count). The van der Waals surface area contributed by atoms with Crippen LogP contribution >= 0.6 is 11.3 Å². The third-order valence-corrected chi connectivity index (χ3v) is 12.7. The Labute approximate surface area is 338 Å². The molecule has 4 heteroatoms. The van der Waals surface area contributed by atoms with E-state index in [0.29, 0.717) is 0 Å². The second-order valence-corrected chi connectivity index (χ2v) is 15.9. The van der Waals surface area contributed by atoms with E-state index < -0.39 is 0 Å². The van der Waals surface area contributed by atoms with Crippen LogP contribution in [0.4, 0.5) is 17.1 Å². The zero-order valence-electron chi connectivity index (χ0n) is 31.2. The molecule has 0 aliphatic carbocycles. The Hall–Kier alpha value is -7.40. The van der Waals surface area contributed by atoms with Crippen LogP contribution in [-0.4, -0.2) is 0 Å². The van der Waals surface area contributed by atoms with Gasteiger partial charge in [-0.15, -0.1) is 11.3 Å². The number of para-hydroxylation sites is 2. The van der Waals surface area contributed by atoms with Gasteiger partial charge in [0.05, 0.1) is 16.1 Å². The van der Waals surface area contributed by atoms with Crippen LogP contribution in [0, 0.1) is 0 Å². The van der Waals surface area contributed by atoms with Crippen molar-refractivity contribution in [1.29, 1.82) is 0 Å². The van der Waals surface area contributed by atoms with Crippen LogP contribution in [0.15, 0.2) is 209 Å². The third kappa shape index (κ3) is 5.12. The van der Waals surface area contributed by atoms with E-state index in [0.717, 1.165) is 77.6 Å². The Bertz CT molecular complexity index is 3500. The first-order chi connectivity index (χ1) is 28.8. The zero-order valence-corrected chi connectivity index (χ0v) is 32.0. The molecule has 9 aromatic carbocycles. The quantitative estimate of drug-likeness (QED) is 0.169. The van der Waals surface area contributed by atoms with Crippen LogP contribution in [0.1, 0.15) is 0 Å². The predicted molar refractivity (Wildman–Crippen MR) is 245 cm³/mol. The largest absolute Gasteiger partial charge is 0.456 e. The van der Waals surface area contributed by atoms with Crippen molar-refractivity contribution >= 4 is 92.4 Å². The summed E-state index contributed by atoms with van der Waals surface area (Å²) >= 11 is 1.84. The number of anilines is 3. The summed E-state index contributed by atoms with van der Waals surface area (Å²) in [6.45, 7) is 0. The van der Waals surface area contributed by atoms with Gasteiger partial charge in [-0.25, -0.2) is 0 Å². The van der Waals surface area contributed by atoms with E-state index in [2.05, 4.69) is 193 Å². The average molecular weight is 760 g/mol. The number of benzene rings is 9. The molecule has 58 heavy (non-hydrogen) atoms. The Morgan fingerprint density at radius 2 is 0.966 bits per heavy atom. The monoisotopic (exact) mass is 759 g/mol. The molecule has 0 saturated carbocycles. The van der Waals surface area contributed by atoms with Crippen molar-refractivity contribution in [3.63, 3.8) is 0 Å². The number of fused-ring (bicyclic) bond motifs is 9. The van der Waals surface area contributed by atoms with Crippen molar-refractivity contribution in [2.24, 2.45) is 0 Å². The van der Waals surface area contributed by atoms with Crippen molar-refractivity contribution < 1.29 is 8.83 Å². The first-order valence-corrected chi connectivity index (χ1v) is 20.4. The van der Waals surface area contributed by atoms with Gasteiger partial charge >= 0.3 is 0 Å². The van der Waals surface area contributed by atoms with Crippen LogP contribution in [0.5, 0.6) is 0 Å². The fourth-order valence-electron chi connectivity index (χ4n) is 8.80. The number of hydrogen-bond acceptors (Lipinski definition) is 4. The molecule has 3 heterocycles. The molecule has 0 N–H and O–H groups in total. The number of hydrogen-bond donors (Lipinski definition) is 0. The minimum absolute atomic E-state index is 0.819. The van der Waals surface area contributed by atoms with Crippen molar-refractivity contribution in [1.82, 2.24) is 0 Å². The van der Waals surface area contributed by atoms with Gasteiger partial charge in [0.25, 0.3) is 0 Å². The first kappa shape index (κ1) is 32.8. The zero-order chi connectivity index (χ0) is 38.2. The minimum Gasteiger partial charge on any atom is -0.456 e. The van der Waals surface area contributed by atoms with E-state index in [-0.39, 0.29) is 0 Å². The Morgan fingerprint density at radius 3 is 1.78 bits per heavy atom. The molecule has 0 bridgehead atoms. The SMILES string of the molecule is c1ccc(-c2ccc(-c3c4oc5c(N(c6cccc(-c7ccccc7)c6)c6cccc7c6sc6ccccc67)cccc5c4cc4oc5ccccc5c34)cc2)cc1. The number of rotatable bonds is 6. The van der Waals surface area contributed by atoms with E-state index in [4.69, 9.17) is 8.83 Å². The lowest BCUT2D eigenvalue weighted by atomic mass is 9.95. The van der Waals surface area contributed by atoms with Crippen LogP contribution in [0.2, 0.25) is 0 Å². The Morgan fingerprint density at radius 1 is 0.362 bits per heavy atom. The number of furan rings is 2. The van der Waals surface area contributed by atoms with Crippen LogP contribution in [-0.2, 0) is 0 Å². The van der Waals surface area contributed by atoms with Gasteiger partial charge in [-0.2, -0.15) is 0 Å². The summed E-state index contributed by atoms with van der Waals surface area (Å²) in [4.78, 5) is 2.39. The number of thiophene rings is 1. The average Bonchev–Trinajstić information content (AvgIpc) is 3.99. The van der Waals surface area contributed by atoms with Gasteiger partial charge in [-0.05, 0) is 70.3 Å². The maximum absolute atomic E-state index is 7.34. The lowest BCUT2D eigenvalue weighted by Crippen LogP contribution is -2.10. The minimum atomic E-state index is 0.819. The fourth-order valence-corrected chi connectivity index (χ4v) is 10.0. The lowest BCUT2D eigenvalue weighted by Gasteiger charge is -2.26. The molecule has 3 nitrogen and oxygen atoms in total. The molecular weight excluding hydrogens is 727 g/mol. The second-order valence-electron chi connectivity index (χ2n) is 14.8. The summed E-state index contributed by atoms with van der Waals surface area (Å²) in [5.41, 5.74) is 13.3. The topological polar surface area (TPSA) is 29.5 Å². The van der Waals surface area contributed by atoms with E-state index in [9.17, 15) is 0 Å². The molecule has 0 unspecified atom stereocenters. The molecule has 0 spiro atoms. The van der Waals surface area contributed by atoms with E-state index in [1.165, 1.54) is 36.9 Å². The molecule has 0 amide bonds. The van der Waals surface area contributed by atoms with Crippen molar-refractivity contribution in [3.8, 4) is 33.4 Å². The number of nitrogens with zero attached hydrogens (tertiary/aromatic N) is 1. The van der Waals surface area contributed by atoms with Crippen molar-refractivity contribution in [2.45, 2.75) is 0 Å². The van der Waals surface area contributed by atoms with Crippen molar-refractivity contribution in [3.05, 3.63) is 200 Å². The maximum atomic E-state index is 7.34. The molecular formula is C54H33NO2S. The molecule has 0 fully saturated rings. The highest BCUT2D eigenvalue weighted by atomic mass is 32.1. The second kappa shape index (κ2) is 13.1. The Kier molecular flexibility index (Phi) is 7.40. The van der Waals surface area contributed by atoms with E-state index in [1.54, 1.807) is 0 Å².